The van der Waals surface area contributed by atoms with Gasteiger partial charge < -0.3 is 19.1 Å². The summed E-state index contributed by atoms with van der Waals surface area (Å²) in [7, 11) is 3.49. The van der Waals surface area contributed by atoms with Gasteiger partial charge in [0.25, 0.3) is 0 Å². The molecular formula is C17H23N7O3. The van der Waals surface area contributed by atoms with Crippen molar-refractivity contribution in [1.29, 1.82) is 0 Å². The maximum atomic E-state index is 12.6. The molecule has 4 heterocycles. The minimum atomic E-state index is -0.202. The average molecular weight is 373 g/mol. The summed E-state index contributed by atoms with van der Waals surface area (Å²) in [4.78, 5) is 42.9. The van der Waals surface area contributed by atoms with Crippen LogP contribution in [-0.4, -0.2) is 87.2 Å². The van der Waals surface area contributed by atoms with Crippen molar-refractivity contribution in [1.82, 2.24) is 29.3 Å². The second kappa shape index (κ2) is 7.10. The van der Waals surface area contributed by atoms with Crippen LogP contribution in [0.4, 0.5) is 10.6 Å². The van der Waals surface area contributed by atoms with Crippen molar-refractivity contribution < 1.29 is 14.3 Å². The lowest BCUT2D eigenvalue weighted by atomic mass is 10.0. The number of piperidine rings is 1. The molecule has 0 saturated carbocycles. The molecule has 0 aromatic carbocycles. The van der Waals surface area contributed by atoms with Gasteiger partial charge in [0, 0.05) is 33.3 Å². The standard InChI is InChI=1S/C17H23N7O3/c1-21-11-20-15-14(21)16(19-10-18-15)22-5-3-12(4-6-22)24-9-13(25)23(17(24)26)7-8-27-2/h10-12H,3-9H2,1-2H3. The molecule has 2 aromatic heterocycles. The van der Waals surface area contributed by atoms with Crippen LogP contribution in [0.5, 0.6) is 0 Å². The van der Waals surface area contributed by atoms with E-state index < -0.39 is 0 Å². The van der Waals surface area contributed by atoms with Gasteiger partial charge in [-0.1, -0.05) is 0 Å². The van der Waals surface area contributed by atoms with Crippen LogP contribution in [0, 0.1) is 0 Å². The fourth-order valence-corrected chi connectivity index (χ4v) is 3.84. The van der Waals surface area contributed by atoms with E-state index in [-0.39, 0.29) is 24.5 Å². The molecule has 0 atom stereocenters. The fraction of sp³-hybridized carbons (Fsp3) is 0.588. The van der Waals surface area contributed by atoms with Crippen molar-refractivity contribution in [3.05, 3.63) is 12.7 Å². The lowest BCUT2D eigenvalue weighted by Gasteiger charge is -2.36. The number of methoxy groups -OCH3 is 1. The number of ether oxygens (including phenoxy) is 1. The van der Waals surface area contributed by atoms with Crippen LogP contribution in [0.3, 0.4) is 0 Å². The zero-order valence-electron chi connectivity index (χ0n) is 15.5. The van der Waals surface area contributed by atoms with Crippen LogP contribution in [-0.2, 0) is 16.6 Å². The predicted molar refractivity (Wildman–Crippen MR) is 97.2 cm³/mol. The molecule has 4 rings (SSSR count). The second-order valence-electron chi connectivity index (χ2n) is 6.89. The summed E-state index contributed by atoms with van der Waals surface area (Å²) in [6, 6.07) is -0.138. The van der Waals surface area contributed by atoms with E-state index in [9.17, 15) is 9.59 Å². The summed E-state index contributed by atoms with van der Waals surface area (Å²) >= 11 is 0. The second-order valence-corrected chi connectivity index (χ2v) is 6.89. The molecule has 10 nitrogen and oxygen atoms in total. The molecule has 0 aliphatic carbocycles. The van der Waals surface area contributed by atoms with Crippen molar-refractivity contribution in [3.63, 3.8) is 0 Å². The third-order valence-corrected chi connectivity index (χ3v) is 5.30. The Labute approximate surface area is 156 Å². The lowest BCUT2D eigenvalue weighted by Crippen LogP contribution is -2.47. The molecule has 0 N–H and O–H groups in total. The number of carbonyl (C=O) groups excluding carboxylic acids is 2. The van der Waals surface area contributed by atoms with E-state index in [2.05, 4.69) is 19.9 Å². The van der Waals surface area contributed by atoms with E-state index in [4.69, 9.17) is 4.74 Å². The smallest absolute Gasteiger partial charge is 0.327 e. The Morgan fingerprint density at radius 2 is 1.96 bits per heavy atom. The van der Waals surface area contributed by atoms with E-state index in [1.807, 2.05) is 11.6 Å². The molecule has 2 aromatic rings. The van der Waals surface area contributed by atoms with Gasteiger partial charge in [-0.15, -0.1) is 0 Å². The number of nitrogens with zero attached hydrogens (tertiary/aromatic N) is 7. The van der Waals surface area contributed by atoms with Gasteiger partial charge >= 0.3 is 6.03 Å². The largest absolute Gasteiger partial charge is 0.383 e. The maximum absolute atomic E-state index is 12.6. The fourth-order valence-electron chi connectivity index (χ4n) is 3.84. The van der Waals surface area contributed by atoms with Gasteiger partial charge in [0.05, 0.1) is 19.5 Å². The molecule has 10 heteroatoms. The van der Waals surface area contributed by atoms with Gasteiger partial charge in [0.2, 0.25) is 5.91 Å². The van der Waals surface area contributed by atoms with Gasteiger partial charge in [-0.05, 0) is 12.8 Å². The summed E-state index contributed by atoms with van der Waals surface area (Å²) in [5, 5.41) is 0. The highest BCUT2D eigenvalue weighted by Gasteiger charge is 2.40. The first-order chi connectivity index (χ1) is 13.1. The summed E-state index contributed by atoms with van der Waals surface area (Å²) in [6.45, 7) is 2.35. The van der Waals surface area contributed by atoms with E-state index in [1.54, 1.807) is 18.3 Å². The van der Waals surface area contributed by atoms with Crippen molar-refractivity contribution in [3.8, 4) is 0 Å². The number of urea groups is 1. The third-order valence-electron chi connectivity index (χ3n) is 5.30. The lowest BCUT2D eigenvalue weighted by molar-refractivity contribution is -0.125. The van der Waals surface area contributed by atoms with Crippen molar-refractivity contribution in [2.45, 2.75) is 18.9 Å². The van der Waals surface area contributed by atoms with Crippen LogP contribution in [0.2, 0.25) is 0 Å². The molecule has 0 spiro atoms. The van der Waals surface area contributed by atoms with Gasteiger partial charge in [-0.2, -0.15) is 0 Å². The zero-order chi connectivity index (χ0) is 19.0. The first kappa shape index (κ1) is 17.7. The quantitative estimate of drug-likeness (QED) is 0.693. The van der Waals surface area contributed by atoms with Crippen LogP contribution < -0.4 is 4.90 Å². The summed E-state index contributed by atoms with van der Waals surface area (Å²) in [6.07, 6.45) is 4.85. The highest BCUT2D eigenvalue weighted by molar-refractivity contribution is 6.02. The number of imide groups is 1. The Morgan fingerprint density at radius 3 is 2.70 bits per heavy atom. The van der Waals surface area contributed by atoms with Gasteiger partial charge in [-0.25, -0.2) is 19.7 Å². The molecule has 144 valence electrons. The number of amides is 3. The predicted octanol–water partition coefficient (Wildman–Crippen LogP) is 0.243. The van der Waals surface area contributed by atoms with Crippen LogP contribution in [0.1, 0.15) is 12.8 Å². The molecule has 2 aliphatic heterocycles. The average Bonchev–Trinajstić information content (AvgIpc) is 3.20. The van der Waals surface area contributed by atoms with Gasteiger partial charge in [-0.3, -0.25) is 9.69 Å². The van der Waals surface area contributed by atoms with Gasteiger partial charge in [0.1, 0.15) is 18.4 Å². The number of hydrogen-bond donors (Lipinski definition) is 0. The first-order valence-corrected chi connectivity index (χ1v) is 9.07. The van der Waals surface area contributed by atoms with E-state index in [0.717, 1.165) is 37.3 Å². The molecule has 0 bridgehead atoms. The molecular weight excluding hydrogens is 350 g/mol. The topological polar surface area (TPSA) is 96.7 Å². The highest BCUT2D eigenvalue weighted by atomic mass is 16.5. The van der Waals surface area contributed by atoms with E-state index >= 15 is 0 Å². The summed E-state index contributed by atoms with van der Waals surface area (Å²) in [5.41, 5.74) is 1.59. The molecule has 3 amide bonds. The molecule has 2 fully saturated rings. The Hall–Kier alpha value is -2.75. The number of anilines is 1. The third kappa shape index (κ3) is 3.09. The summed E-state index contributed by atoms with van der Waals surface area (Å²) in [5.74, 6) is 0.718. The minimum Gasteiger partial charge on any atom is -0.383 e. The highest BCUT2D eigenvalue weighted by Crippen LogP contribution is 2.27. The number of fused-ring (bicyclic) bond motifs is 1. The number of hydrogen-bond acceptors (Lipinski definition) is 7. The summed E-state index contributed by atoms with van der Waals surface area (Å²) < 4.78 is 6.92. The van der Waals surface area contributed by atoms with E-state index in [1.165, 1.54) is 11.2 Å². The molecule has 2 saturated heterocycles. The van der Waals surface area contributed by atoms with Crippen molar-refractivity contribution >= 4 is 28.9 Å². The minimum absolute atomic E-state index is 0.0640. The van der Waals surface area contributed by atoms with E-state index in [0.29, 0.717) is 18.8 Å². The van der Waals surface area contributed by atoms with Crippen LogP contribution >= 0.6 is 0 Å². The number of aromatic nitrogens is 4. The Balaban J connectivity index is 1.44. The van der Waals surface area contributed by atoms with Crippen LogP contribution in [0.25, 0.3) is 11.2 Å². The van der Waals surface area contributed by atoms with Crippen molar-refractivity contribution in [2.24, 2.45) is 7.05 Å². The number of carbonyl (C=O) groups is 2. The SMILES string of the molecule is COCCN1C(=O)CN(C2CCN(c3ncnc4ncn(C)c34)CC2)C1=O. The Kier molecular flexibility index (Phi) is 4.65. The monoisotopic (exact) mass is 373 g/mol. The van der Waals surface area contributed by atoms with Gasteiger partial charge in [0.15, 0.2) is 11.5 Å². The Bertz CT molecular complexity index is 859. The number of rotatable bonds is 5. The maximum Gasteiger partial charge on any atom is 0.327 e. The van der Waals surface area contributed by atoms with Crippen LogP contribution in [0.15, 0.2) is 12.7 Å². The Morgan fingerprint density at radius 1 is 1.19 bits per heavy atom. The molecule has 0 radical (unpaired) electrons. The first-order valence-electron chi connectivity index (χ1n) is 9.07. The number of imidazole rings is 1. The molecule has 0 unspecified atom stereocenters. The number of aryl methyl sites for hydroxylation is 1. The normalized spacial score (nSPS) is 19.0. The molecule has 27 heavy (non-hydrogen) atoms. The molecule has 2 aliphatic rings. The zero-order valence-corrected chi connectivity index (χ0v) is 15.5. The van der Waals surface area contributed by atoms with Crippen molar-refractivity contribution in [2.75, 3.05) is 44.8 Å².